The molecule has 4 nitrogen and oxygen atoms in total. The summed E-state index contributed by atoms with van der Waals surface area (Å²) in [4.78, 5) is 16.7. The lowest BCUT2D eigenvalue weighted by Gasteiger charge is -2.36. The van der Waals surface area contributed by atoms with Gasteiger partial charge >= 0.3 is 0 Å². The van der Waals surface area contributed by atoms with Gasteiger partial charge in [-0.2, -0.15) is 0 Å². The summed E-state index contributed by atoms with van der Waals surface area (Å²) in [5.41, 5.74) is 6.30. The van der Waals surface area contributed by atoms with E-state index < -0.39 is 0 Å². The van der Waals surface area contributed by atoms with Crippen molar-refractivity contribution in [2.45, 2.75) is 65.5 Å². The number of hydrogen-bond donors (Lipinski definition) is 1. The molecule has 0 aliphatic carbocycles. The van der Waals surface area contributed by atoms with E-state index in [0.29, 0.717) is 12.5 Å². The quantitative estimate of drug-likeness (QED) is 0.840. The number of carbonyl (C=O) groups is 1. The van der Waals surface area contributed by atoms with Crippen LogP contribution in [-0.2, 0) is 4.79 Å². The molecule has 0 spiro atoms. The van der Waals surface area contributed by atoms with E-state index >= 15 is 0 Å². The van der Waals surface area contributed by atoms with Crippen LogP contribution in [0.2, 0.25) is 0 Å². The van der Waals surface area contributed by atoms with Gasteiger partial charge < -0.3 is 15.5 Å². The molecule has 1 heterocycles. The predicted molar refractivity (Wildman–Crippen MR) is 84.6 cm³/mol. The summed E-state index contributed by atoms with van der Waals surface area (Å²) in [6, 6.07) is 0.368. The Morgan fingerprint density at radius 2 is 1.90 bits per heavy atom. The maximum atomic E-state index is 12.3. The highest BCUT2D eigenvalue weighted by atomic mass is 16.2. The molecular weight excluding hydrogens is 250 g/mol. The number of nitrogens with two attached hydrogens (primary N) is 1. The Morgan fingerprint density at radius 3 is 2.35 bits per heavy atom. The molecule has 118 valence electrons. The van der Waals surface area contributed by atoms with Crippen LogP contribution >= 0.6 is 0 Å². The van der Waals surface area contributed by atoms with Crippen molar-refractivity contribution in [2.75, 3.05) is 26.7 Å². The van der Waals surface area contributed by atoms with E-state index in [1.165, 1.54) is 0 Å². The zero-order valence-electron chi connectivity index (χ0n) is 14.0. The van der Waals surface area contributed by atoms with Crippen LogP contribution < -0.4 is 5.73 Å². The smallest absolute Gasteiger partial charge is 0.224 e. The van der Waals surface area contributed by atoms with Crippen LogP contribution in [0.3, 0.4) is 0 Å². The van der Waals surface area contributed by atoms with Gasteiger partial charge in [0.2, 0.25) is 5.91 Å². The van der Waals surface area contributed by atoms with E-state index in [1.54, 1.807) is 0 Å². The second-order valence-electron chi connectivity index (χ2n) is 7.40. The third-order valence-corrected chi connectivity index (χ3v) is 4.26. The lowest BCUT2D eigenvalue weighted by molar-refractivity contribution is -0.133. The molecule has 1 amide bonds. The normalized spacial score (nSPS) is 19.9. The Balaban J connectivity index is 2.39. The first-order valence-corrected chi connectivity index (χ1v) is 7.96. The largest absolute Gasteiger partial charge is 0.343 e. The summed E-state index contributed by atoms with van der Waals surface area (Å²) < 4.78 is 0. The molecule has 0 aromatic heterocycles. The van der Waals surface area contributed by atoms with Gasteiger partial charge in [-0.15, -0.1) is 0 Å². The first kappa shape index (κ1) is 17.4. The van der Waals surface area contributed by atoms with E-state index in [4.69, 9.17) is 5.73 Å². The third-order valence-electron chi connectivity index (χ3n) is 4.26. The van der Waals surface area contributed by atoms with Gasteiger partial charge in [-0.1, -0.05) is 27.7 Å². The molecule has 2 N–H and O–H groups in total. The van der Waals surface area contributed by atoms with Gasteiger partial charge in [-0.25, -0.2) is 0 Å². The van der Waals surface area contributed by atoms with Crippen LogP contribution in [0.4, 0.5) is 0 Å². The van der Waals surface area contributed by atoms with E-state index in [9.17, 15) is 4.79 Å². The molecule has 0 radical (unpaired) electrons. The predicted octanol–water partition coefficient (Wildman–Crippen LogP) is 2.08. The first-order chi connectivity index (χ1) is 9.23. The van der Waals surface area contributed by atoms with Crippen molar-refractivity contribution < 1.29 is 4.79 Å². The van der Waals surface area contributed by atoms with Gasteiger partial charge in [0.1, 0.15) is 0 Å². The highest BCUT2D eigenvalue weighted by Gasteiger charge is 2.26. The minimum absolute atomic E-state index is 0.0271. The fraction of sp³-hybridized carbons (Fsp3) is 0.938. The maximum Gasteiger partial charge on any atom is 0.224 e. The lowest BCUT2D eigenvalue weighted by Crippen LogP contribution is -2.46. The molecular formula is C16H33N3O. The molecule has 20 heavy (non-hydrogen) atoms. The van der Waals surface area contributed by atoms with E-state index in [1.807, 2.05) is 11.9 Å². The molecule has 1 rings (SSSR count). The second kappa shape index (κ2) is 7.41. The minimum Gasteiger partial charge on any atom is -0.343 e. The molecule has 0 bridgehead atoms. The molecule has 1 unspecified atom stereocenters. The number of carbonyl (C=O) groups excluding carboxylic acids is 1. The van der Waals surface area contributed by atoms with Crippen LogP contribution in [0.5, 0.6) is 0 Å². The van der Waals surface area contributed by atoms with Gasteiger partial charge in [0, 0.05) is 38.6 Å². The Bertz CT molecular complexity index is 303. The Hall–Kier alpha value is -0.610. The van der Waals surface area contributed by atoms with Crippen molar-refractivity contribution in [1.29, 1.82) is 0 Å². The van der Waals surface area contributed by atoms with Gasteiger partial charge in [-0.3, -0.25) is 4.79 Å². The van der Waals surface area contributed by atoms with Crippen molar-refractivity contribution >= 4 is 5.91 Å². The molecule has 0 aromatic rings. The lowest BCUT2D eigenvalue weighted by atomic mass is 9.87. The van der Waals surface area contributed by atoms with Crippen molar-refractivity contribution in [3.8, 4) is 0 Å². The van der Waals surface area contributed by atoms with Crippen molar-refractivity contribution in [3.05, 3.63) is 0 Å². The SMILES string of the molecule is CCN1CCC(N(C)C(=O)CC(N)CC(C)(C)C)CC1. The summed E-state index contributed by atoms with van der Waals surface area (Å²) in [5.74, 6) is 0.205. The van der Waals surface area contributed by atoms with E-state index in [0.717, 1.165) is 38.9 Å². The number of nitrogens with zero attached hydrogens (tertiary/aromatic N) is 2. The zero-order valence-corrected chi connectivity index (χ0v) is 14.0. The fourth-order valence-electron chi connectivity index (χ4n) is 3.05. The average Bonchev–Trinajstić information content (AvgIpc) is 2.35. The van der Waals surface area contributed by atoms with Crippen LogP contribution in [0.15, 0.2) is 0 Å². The Labute approximate surface area is 124 Å². The number of rotatable bonds is 5. The Kier molecular flexibility index (Phi) is 6.46. The summed E-state index contributed by atoms with van der Waals surface area (Å²) in [7, 11) is 1.94. The number of piperidine rings is 1. The van der Waals surface area contributed by atoms with Crippen LogP contribution in [-0.4, -0.2) is 54.5 Å². The highest BCUT2D eigenvalue weighted by molar-refractivity contribution is 5.76. The highest BCUT2D eigenvalue weighted by Crippen LogP contribution is 2.22. The molecule has 1 atom stereocenters. The van der Waals surface area contributed by atoms with Gasteiger partial charge in [0.15, 0.2) is 0 Å². The van der Waals surface area contributed by atoms with Gasteiger partial charge in [0.25, 0.3) is 0 Å². The number of amides is 1. The zero-order chi connectivity index (χ0) is 15.3. The monoisotopic (exact) mass is 283 g/mol. The van der Waals surface area contributed by atoms with E-state index in [-0.39, 0.29) is 17.4 Å². The van der Waals surface area contributed by atoms with Crippen LogP contribution in [0.25, 0.3) is 0 Å². The molecule has 0 aromatic carbocycles. The molecule has 1 saturated heterocycles. The Morgan fingerprint density at radius 1 is 1.35 bits per heavy atom. The molecule has 0 saturated carbocycles. The van der Waals surface area contributed by atoms with Crippen LogP contribution in [0, 0.1) is 5.41 Å². The molecule has 1 aliphatic rings. The fourth-order valence-corrected chi connectivity index (χ4v) is 3.05. The third kappa shape index (κ3) is 5.80. The summed E-state index contributed by atoms with van der Waals surface area (Å²) in [6.07, 6.45) is 3.54. The van der Waals surface area contributed by atoms with Crippen molar-refractivity contribution in [1.82, 2.24) is 9.80 Å². The second-order valence-corrected chi connectivity index (χ2v) is 7.40. The van der Waals surface area contributed by atoms with Crippen molar-refractivity contribution in [2.24, 2.45) is 11.1 Å². The summed E-state index contributed by atoms with van der Waals surface area (Å²) in [5, 5.41) is 0. The maximum absolute atomic E-state index is 12.3. The van der Waals surface area contributed by atoms with Gasteiger partial charge in [0.05, 0.1) is 0 Å². The standard InChI is InChI=1S/C16H33N3O/c1-6-19-9-7-14(8-10-19)18(5)15(20)11-13(17)12-16(2,3)4/h13-14H,6-12,17H2,1-5H3. The molecule has 1 aliphatic heterocycles. The molecule has 1 fully saturated rings. The summed E-state index contributed by atoms with van der Waals surface area (Å²) >= 11 is 0. The van der Waals surface area contributed by atoms with Gasteiger partial charge in [-0.05, 0) is 31.2 Å². The minimum atomic E-state index is -0.0271. The van der Waals surface area contributed by atoms with Crippen molar-refractivity contribution in [3.63, 3.8) is 0 Å². The average molecular weight is 283 g/mol. The topological polar surface area (TPSA) is 49.6 Å². The number of hydrogen-bond acceptors (Lipinski definition) is 3. The molecule has 4 heteroatoms. The number of likely N-dealkylation sites (tertiary alicyclic amines) is 1. The van der Waals surface area contributed by atoms with Crippen LogP contribution in [0.1, 0.15) is 53.4 Å². The summed E-state index contributed by atoms with van der Waals surface area (Å²) in [6.45, 7) is 12.0. The first-order valence-electron chi connectivity index (χ1n) is 7.96. The van der Waals surface area contributed by atoms with E-state index in [2.05, 4.69) is 32.6 Å².